The Balaban J connectivity index is 2.09. The molecule has 1 atom stereocenters. The van der Waals surface area contributed by atoms with Crippen LogP contribution in [0, 0.1) is 0 Å². The van der Waals surface area contributed by atoms with Crippen LogP contribution in [0.15, 0.2) is 12.1 Å². The zero-order chi connectivity index (χ0) is 13.7. The van der Waals surface area contributed by atoms with Crippen molar-refractivity contribution in [2.24, 2.45) is 0 Å². The van der Waals surface area contributed by atoms with E-state index in [2.05, 4.69) is 15.2 Å². The van der Waals surface area contributed by atoms with Gasteiger partial charge >= 0.3 is 0 Å². The normalized spacial score (nSPS) is 17.3. The number of hydrogen-bond acceptors (Lipinski definition) is 6. The second-order valence-corrected chi connectivity index (χ2v) is 4.71. The van der Waals surface area contributed by atoms with E-state index >= 15 is 0 Å². The molecule has 2 heterocycles. The molecule has 0 aromatic carbocycles. The highest BCUT2D eigenvalue weighted by molar-refractivity contribution is 5.65. The van der Waals surface area contributed by atoms with Gasteiger partial charge in [0.05, 0.1) is 25.5 Å². The van der Waals surface area contributed by atoms with Crippen molar-refractivity contribution in [3.8, 4) is 0 Å². The Morgan fingerprint density at radius 3 is 2.89 bits per heavy atom. The maximum atomic E-state index is 5.95. The number of methoxy groups -OCH3 is 1. The molecule has 0 aliphatic carbocycles. The first-order valence-electron chi connectivity index (χ1n) is 6.55. The number of ether oxygens (including phenoxy) is 2. The largest absolute Gasteiger partial charge is 0.396 e. The summed E-state index contributed by atoms with van der Waals surface area (Å²) in [7, 11) is 1.68. The molecule has 0 saturated carbocycles. The Morgan fingerprint density at radius 2 is 2.21 bits per heavy atom. The lowest BCUT2D eigenvalue weighted by Crippen LogP contribution is -2.37. The highest BCUT2D eigenvalue weighted by Gasteiger charge is 2.14. The van der Waals surface area contributed by atoms with Gasteiger partial charge in [0.15, 0.2) is 5.82 Å². The van der Waals surface area contributed by atoms with E-state index in [-0.39, 0.29) is 6.04 Å². The summed E-state index contributed by atoms with van der Waals surface area (Å²) in [6.45, 7) is 5.87. The zero-order valence-electron chi connectivity index (χ0n) is 11.6. The van der Waals surface area contributed by atoms with Crippen LogP contribution >= 0.6 is 0 Å². The maximum Gasteiger partial charge on any atom is 0.151 e. The topological polar surface area (TPSA) is 72.6 Å². The van der Waals surface area contributed by atoms with Gasteiger partial charge in [-0.1, -0.05) is 0 Å². The number of morpholine rings is 1. The van der Waals surface area contributed by atoms with Gasteiger partial charge in [-0.2, -0.15) is 0 Å². The molecular formula is C13H22N4O2. The molecule has 19 heavy (non-hydrogen) atoms. The number of rotatable bonds is 5. The maximum absolute atomic E-state index is 5.95. The van der Waals surface area contributed by atoms with E-state index in [0.717, 1.165) is 32.1 Å². The van der Waals surface area contributed by atoms with Gasteiger partial charge in [0.25, 0.3) is 0 Å². The molecule has 0 amide bonds. The molecule has 3 N–H and O–H groups in total. The van der Waals surface area contributed by atoms with Crippen molar-refractivity contribution < 1.29 is 9.47 Å². The Bertz CT molecular complexity index is 408. The minimum absolute atomic E-state index is 0.166. The molecule has 1 aliphatic rings. The molecule has 6 nitrogen and oxygen atoms in total. The standard InChI is InChI=1S/C13H22N4O2/c1-10(9-18-2)15-13-11(14)3-4-12(16-13)17-5-7-19-8-6-17/h3-4,10H,5-9,14H2,1-2H3,(H,15,16)/t10-/m0/s1. The SMILES string of the molecule is COC[C@H](C)Nc1nc(N2CCOCC2)ccc1N. The van der Waals surface area contributed by atoms with Crippen molar-refractivity contribution in [3.63, 3.8) is 0 Å². The summed E-state index contributed by atoms with van der Waals surface area (Å²) in [6.07, 6.45) is 0. The predicted molar refractivity (Wildman–Crippen MR) is 76.6 cm³/mol. The minimum atomic E-state index is 0.166. The quantitative estimate of drug-likeness (QED) is 0.826. The number of hydrogen-bond donors (Lipinski definition) is 2. The van der Waals surface area contributed by atoms with E-state index in [1.165, 1.54) is 0 Å². The van der Waals surface area contributed by atoms with E-state index < -0.39 is 0 Å². The highest BCUT2D eigenvalue weighted by atomic mass is 16.5. The number of nitrogens with two attached hydrogens (primary N) is 1. The fraction of sp³-hybridized carbons (Fsp3) is 0.615. The summed E-state index contributed by atoms with van der Waals surface area (Å²) >= 11 is 0. The van der Waals surface area contributed by atoms with Crippen molar-refractivity contribution in [1.82, 2.24) is 4.98 Å². The lowest BCUT2D eigenvalue weighted by molar-refractivity contribution is 0.122. The Kier molecular flexibility index (Phi) is 4.81. The van der Waals surface area contributed by atoms with Crippen LogP contribution in [-0.4, -0.2) is 51.0 Å². The number of nitrogens with one attached hydrogen (secondary N) is 1. The molecule has 106 valence electrons. The first-order chi connectivity index (χ1) is 9.20. The van der Waals surface area contributed by atoms with Crippen LogP contribution in [0.5, 0.6) is 0 Å². The monoisotopic (exact) mass is 266 g/mol. The lowest BCUT2D eigenvalue weighted by Gasteiger charge is -2.28. The Labute approximate surface area is 113 Å². The highest BCUT2D eigenvalue weighted by Crippen LogP contribution is 2.22. The van der Waals surface area contributed by atoms with Gasteiger partial charge < -0.3 is 25.4 Å². The summed E-state index contributed by atoms with van der Waals surface area (Å²) in [5, 5.41) is 3.27. The number of anilines is 3. The lowest BCUT2D eigenvalue weighted by atomic mass is 10.3. The van der Waals surface area contributed by atoms with E-state index in [1.807, 2.05) is 19.1 Å². The van der Waals surface area contributed by atoms with E-state index in [0.29, 0.717) is 18.1 Å². The van der Waals surface area contributed by atoms with Gasteiger partial charge in [-0.25, -0.2) is 4.98 Å². The van der Waals surface area contributed by atoms with Crippen molar-refractivity contribution >= 4 is 17.3 Å². The van der Waals surface area contributed by atoms with Crippen LogP contribution in [0.1, 0.15) is 6.92 Å². The molecule has 0 unspecified atom stereocenters. The summed E-state index contributed by atoms with van der Waals surface area (Å²) < 4.78 is 10.4. The van der Waals surface area contributed by atoms with E-state index in [4.69, 9.17) is 15.2 Å². The van der Waals surface area contributed by atoms with Gasteiger partial charge in [-0.05, 0) is 19.1 Å². The number of nitrogen functional groups attached to an aromatic ring is 1. The van der Waals surface area contributed by atoms with Crippen LogP contribution < -0.4 is 16.0 Å². The number of aromatic nitrogens is 1. The van der Waals surface area contributed by atoms with E-state index in [1.54, 1.807) is 7.11 Å². The smallest absolute Gasteiger partial charge is 0.151 e. The molecule has 1 aromatic heterocycles. The van der Waals surface area contributed by atoms with Crippen molar-refractivity contribution in [2.45, 2.75) is 13.0 Å². The zero-order valence-corrected chi connectivity index (χ0v) is 11.6. The van der Waals surface area contributed by atoms with Gasteiger partial charge in [-0.3, -0.25) is 0 Å². The average Bonchev–Trinajstić information content (AvgIpc) is 2.42. The molecular weight excluding hydrogens is 244 g/mol. The first-order valence-corrected chi connectivity index (χ1v) is 6.55. The molecule has 1 saturated heterocycles. The van der Waals surface area contributed by atoms with Gasteiger partial charge in [-0.15, -0.1) is 0 Å². The third kappa shape index (κ3) is 3.71. The third-order valence-corrected chi connectivity index (χ3v) is 3.05. The van der Waals surface area contributed by atoms with Crippen molar-refractivity contribution in [1.29, 1.82) is 0 Å². The fourth-order valence-corrected chi connectivity index (χ4v) is 2.07. The van der Waals surface area contributed by atoms with Crippen molar-refractivity contribution in [3.05, 3.63) is 12.1 Å². The van der Waals surface area contributed by atoms with Crippen LogP contribution in [0.3, 0.4) is 0 Å². The second kappa shape index (κ2) is 6.58. The van der Waals surface area contributed by atoms with Gasteiger partial charge in [0.2, 0.25) is 0 Å². The number of pyridine rings is 1. The first kappa shape index (κ1) is 13.9. The molecule has 0 radical (unpaired) electrons. The molecule has 2 rings (SSSR count). The van der Waals surface area contributed by atoms with Crippen LogP contribution in [0.2, 0.25) is 0 Å². The molecule has 6 heteroatoms. The summed E-state index contributed by atoms with van der Waals surface area (Å²) in [6, 6.07) is 4.01. The summed E-state index contributed by atoms with van der Waals surface area (Å²) in [4.78, 5) is 6.80. The van der Waals surface area contributed by atoms with Crippen LogP contribution in [-0.2, 0) is 9.47 Å². The van der Waals surface area contributed by atoms with Gasteiger partial charge in [0.1, 0.15) is 5.82 Å². The fourth-order valence-electron chi connectivity index (χ4n) is 2.07. The molecule has 1 aromatic rings. The molecule has 1 aliphatic heterocycles. The Morgan fingerprint density at radius 1 is 1.47 bits per heavy atom. The minimum Gasteiger partial charge on any atom is -0.396 e. The third-order valence-electron chi connectivity index (χ3n) is 3.05. The molecule has 1 fully saturated rings. The average molecular weight is 266 g/mol. The summed E-state index contributed by atoms with van der Waals surface area (Å²) in [5.74, 6) is 1.65. The predicted octanol–water partition coefficient (Wildman–Crippen LogP) is 0.947. The molecule has 0 bridgehead atoms. The van der Waals surface area contributed by atoms with E-state index in [9.17, 15) is 0 Å². The second-order valence-electron chi connectivity index (χ2n) is 4.71. The summed E-state index contributed by atoms with van der Waals surface area (Å²) in [5.41, 5.74) is 6.61. The van der Waals surface area contributed by atoms with Gasteiger partial charge in [0, 0.05) is 26.2 Å². The number of nitrogens with zero attached hydrogens (tertiary/aromatic N) is 2. The molecule has 0 spiro atoms. The van der Waals surface area contributed by atoms with Crippen molar-refractivity contribution in [2.75, 3.05) is 56.0 Å². The van der Waals surface area contributed by atoms with Crippen LogP contribution in [0.4, 0.5) is 17.3 Å². The van der Waals surface area contributed by atoms with Crippen LogP contribution in [0.25, 0.3) is 0 Å². The Hall–Kier alpha value is -1.53.